The van der Waals surface area contributed by atoms with Crippen molar-refractivity contribution in [3.05, 3.63) is 47.8 Å². The number of carbonyl (C=O) groups excluding carboxylic acids is 1. The van der Waals surface area contributed by atoms with Crippen LogP contribution in [0.2, 0.25) is 0 Å². The summed E-state index contributed by atoms with van der Waals surface area (Å²) in [5, 5.41) is 0. The van der Waals surface area contributed by atoms with Gasteiger partial charge in [-0.1, -0.05) is 50.5 Å². The molecule has 0 saturated heterocycles. The number of hydrogen-bond acceptors (Lipinski definition) is 2. The molecule has 2 nitrogen and oxygen atoms in total. The molecule has 0 aromatic carbocycles. The minimum atomic E-state index is 0.172. The number of allylic oxidation sites excluding steroid dienone is 5. The number of rotatable bonds is 8. The molecule has 0 aromatic heterocycles. The van der Waals surface area contributed by atoms with Crippen molar-refractivity contribution in [3.8, 4) is 0 Å². The van der Waals surface area contributed by atoms with Crippen molar-refractivity contribution in [3.63, 3.8) is 0 Å². The monoisotopic (exact) mass is 316 g/mol. The van der Waals surface area contributed by atoms with E-state index in [-0.39, 0.29) is 18.3 Å². The maximum Gasteiger partial charge on any atom is 0.173 e. The average Bonchev–Trinajstić information content (AvgIpc) is 2.54. The Hall–Kier alpha value is -1.57. The third kappa shape index (κ3) is 6.60. The molecule has 0 bridgehead atoms. The van der Waals surface area contributed by atoms with Crippen molar-refractivity contribution < 1.29 is 9.53 Å². The lowest BCUT2D eigenvalue weighted by atomic mass is 9.78. The first-order valence-electron chi connectivity index (χ1n) is 8.83. The predicted molar refractivity (Wildman–Crippen MR) is 98.2 cm³/mol. The van der Waals surface area contributed by atoms with Crippen molar-refractivity contribution in [2.45, 2.75) is 59.8 Å². The highest BCUT2D eigenvalue weighted by atomic mass is 16.5. The zero-order chi connectivity index (χ0) is 17.2. The van der Waals surface area contributed by atoms with E-state index >= 15 is 0 Å². The van der Waals surface area contributed by atoms with Crippen LogP contribution in [0.3, 0.4) is 0 Å². The minimum absolute atomic E-state index is 0.172. The van der Waals surface area contributed by atoms with Crippen LogP contribution in [0.15, 0.2) is 47.8 Å². The largest absolute Gasteiger partial charge is 0.486 e. The molecule has 2 unspecified atom stereocenters. The van der Waals surface area contributed by atoms with Gasteiger partial charge in [-0.3, -0.25) is 4.79 Å². The highest BCUT2D eigenvalue weighted by molar-refractivity contribution is 5.82. The zero-order valence-corrected chi connectivity index (χ0v) is 15.2. The highest BCUT2D eigenvalue weighted by Crippen LogP contribution is 2.31. The molecule has 1 aliphatic carbocycles. The third-order valence-corrected chi connectivity index (χ3v) is 4.48. The summed E-state index contributed by atoms with van der Waals surface area (Å²) >= 11 is 0. The molecule has 0 N–H and O–H groups in total. The Balaban J connectivity index is 2.66. The molecule has 128 valence electrons. The Bertz CT molecular complexity index is 494. The van der Waals surface area contributed by atoms with E-state index in [1.165, 1.54) is 19.3 Å². The molecular formula is C21H32O2. The van der Waals surface area contributed by atoms with E-state index in [1.54, 1.807) is 0 Å². The van der Waals surface area contributed by atoms with Crippen molar-refractivity contribution >= 4 is 5.78 Å². The lowest BCUT2D eigenvalue weighted by Crippen LogP contribution is -2.26. The van der Waals surface area contributed by atoms with E-state index in [1.807, 2.05) is 45.1 Å². The molecule has 0 spiro atoms. The molecule has 1 aliphatic rings. The van der Waals surface area contributed by atoms with Crippen LogP contribution in [0.1, 0.15) is 59.8 Å². The van der Waals surface area contributed by atoms with E-state index in [4.69, 9.17) is 4.74 Å². The van der Waals surface area contributed by atoms with Crippen LogP contribution in [0, 0.1) is 11.8 Å². The van der Waals surface area contributed by atoms with Gasteiger partial charge in [0.15, 0.2) is 5.78 Å². The molecule has 0 aromatic rings. The maximum absolute atomic E-state index is 12.5. The second kappa shape index (κ2) is 10.3. The van der Waals surface area contributed by atoms with Gasteiger partial charge < -0.3 is 4.74 Å². The van der Waals surface area contributed by atoms with Crippen LogP contribution in [-0.2, 0) is 9.53 Å². The van der Waals surface area contributed by atoms with Gasteiger partial charge in [0.25, 0.3) is 0 Å². The normalized spacial score (nSPS) is 23.1. The topological polar surface area (TPSA) is 26.3 Å². The zero-order valence-electron chi connectivity index (χ0n) is 15.2. The van der Waals surface area contributed by atoms with Crippen molar-refractivity contribution in [2.24, 2.45) is 11.8 Å². The summed E-state index contributed by atoms with van der Waals surface area (Å²) in [6.45, 7) is 12.2. The van der Waals surface area contributed by atoms with Crippen LogP contribution in [0.4, 0.5) is 0 Å². The molecule has 0 aliphatic heterocycles. The van der Waals surface area contributed by atoms with E-state index in [9.17, 15) is 4.79 Å². The van der Waals surface area contributed by atoms with Crippen LogP contribution >= 0.6 is 0 Å². The van der Waals surface area contributed by atoms with E-state index in [0.29, 0.717) is 5.92 Å². The van der Waals surface area contributed by atoms with Gasteiger partial charge >= 0.3 is 0 Å². The standard InChI is InChI=1S/C21H32O2/c1-6-10-19(13-16(4)5)21(8-3)23-15-20(22)18-12-9-11-17(7-2)14-18/h6,8,10,13,17-18H,4,7,9,11-12,14-15H2,1-3,5H3. The fourth-order valence-corrected chi connectivity index (χ4v) is 3.20. The van der Waals surface area contributed by atoms with Crippen molar-refractivity contribution in [1.82, 2.24) is 0 Å². The number of Topliss-reactive ketones (excluding diaryl/α,β-unsaturated/α-hetero) is 1. The Labute approximate surface area is 142 Å². The van der Waals surface area contributed by atoms with Gasteiger partial charge in [-0.15, -0.1) is 0 Å². The van der Waals surface area contributed by atoms with Crippen molar-refractivity contribution in [1.29, 1.82) is 0 Å². The summed E-state index contributed by atoms with van der Waals surface area (Å²) in [6, 6.07) is 0. The van der Waals surface area contributed by atoms with E-state index in [2.05, 4.69) is 13.5 Å². The van der Waals surface area contributed by atoms with Gasteiger partial charge in [0, 0.05) is 11.5 Å². The number of ketones is 1. The number of ether oxygens (including phenoxy) is 1. The predicted octanol–water partition coefficient (Wildman–Crippen LogP) is 5.77. The summed E-state index contributed by atoms with van der Waals surface area (Å²) < 4.78 is 5.84. The fraction of sp³-hybridized carbons (Fsp3) is 0.571. The van der Waals surface area contributed by atoms with Gasteiger partial charge in [0.05, 0.1) is 0 Å². The van der Waals surface area contributed by atoms with Crippen LogP contribution < -0.4 is 0 Å². The molecule has 2 heteroatoms. The maximum atomic E-state index is 12.5. The summed E-state index contributed by atoms with van der Waals surface area (Å²) in [5.74, 6) is 1.89. The molecule has 0 radical (unpaired) electrons. The SMILES string of the molecule is C=C(C)C=C(C=CC)C(=CC)OCC(=O)C1CCCC(CC)C1. The van der Waals surface area contributed by atoms with Gasteiger partial charge in [-0.25, -0.2) is 0 Å². The van der Waals surface area contributed by atoms with Gasteiger partial charge in [-0.2, -0.15) is 0 Å². The van der Waals surface area contributed by atoms with Gasteiger partial charge in [-0.05, 0) is 51.7 Å². The minimum Gasteiger partial charge on any atom is -0.486 e. The Morgan fingerprint density at radius 3 is 2.61 bits per heavy atom. The summed E-state index contributed by atoms with van der Waals surface area (Å²) in [7, 11) is 0. The lowest BCUT2D eigenvalue weighted by Gasteiger charge is -2.27. The van der Waals surface area contributed by atoms with E-state index in [0.717, 1.165) is 29.7 Å². The Kier molecular flexibility index (Phi) is 8.68. The Morgan fingerprint density at radius 1 is 1.30 bits per heavy atom. The molecule has 2 atom stereocenters. The first kappa shape index (κ1) is 19.5. The molecule has 1 rings (SSSR count). The second-order valence-corrected chi connectivity index (χ2v) is 6.49. The van der Waals surface area contributed by atoms with E-state index < -0.39 is 0 Å². The molecule has 1 fully saturated rings. The first-order valence-corrected chi connectivity index (χ1v) is 8.83. The van der Waals surface area contributed by atoms with Crippen LogP contribution in [0.25, 0.3) is 0 Å². The smallest absolute Gasteiger partial charge is 0.173 e. The average molecular weight is 316 g/mol. The fourth-order valence-electron chi connectivity index (χ4n) is 3.20. The lowest BCUT2D eigenvalue weighted by molar-refractivity contribution is -0.127. The molecular weight excluding hydrogens is 284 g/mol. The van der Waals surface area contributed by atoms with Crippen LogP contribution in [0.5, 0.6) is 0 Å². The third-order valence-electron chi connectivity index (χ3n) is 4.48. The second-order valence-electron chi connectivity index (χ2n) is 6.49. The van der Waals surface area contributed by atoms with Crippen molar-refractivity contribution in [2.75, 3.05) is 6.61 Å². The van der Waals surface area contributed by atoms with Crippen LogP contribution in [-0.4, -0.2) is 12.4 Å². The molecule has 0 amide bonds. The van der Waals surface area contributed by atoms with Gasteiger partial charge in [0.1, 0.15) is 12.4 Å². The summed E-state index contributed by atoms with van der Waals surface area (Å²) in [4.78, 5) is 12.5. The molecule has 23 heavy (non-hydrogen) atoms. The summed E-state index contributed by atoms with van der Waals surface area (Å²) in [6.07, 6.45) is 13.5. The van der Waals surface area contributed by atoms with Gasteiger partial charge in [0.2, 0.25) is 0 Å². The number of carbonyl (C=O) groups is 1. The Morgan fingerprint density at radius 2 is 2.04 bits per heavy atom. The number of hydrogen-bond donors (Lipinski definition) is 0. The highest BCUT2D eigenvalue weighted by Gasteiger charge is 2.26. The molecule has 0 heterocycles. The quantitative estimate of drug-likeness (QED) is 0.419. The summed E-state index contributed by atoms with van der Waals surface area (Å²) in [5.41, 5.74) is 1.93. The molecule has 1 saturated carbocycles. The first-order chi connectivity index (χ1) is 11.0.